The number of rotatable bonds is 4. The molecule has 0 bridgehead atoms. The molecule has 1 aromatic heterocycles. The molecule has 0 N–H and O–H groups in total. The summed E-state index contributed by atoms with van der Waals surface area (Å²) in [7, 11) is 0. The van der Waals surface area contributed by atoms with Crippen LogP contribution < -0.4 is 4.74 Å². The van der Waals surface area contributed by atoms with E-state index < -0.39 is 0 Å². The lowest BCUT2D eigenvalue weighted by molar-refractivity contribution is -0.132. The van der Waals surface area contributed by atoms with Gasteiger partial charge in [-0.1, -0.05) is 17.7 Å². The molecular weight excluding hydrogens is 268 g/mol. The summed E-state index contributed by atoms with van der Waals surface area (Å²) in [6.07, 6.45) is 4.20. The lowest BCUT2D eigenvalue weighted by atomic mass is 10.2. The van der Waals surface area contributed by atoms with Crippen molar-refractivity contribution in [2.45, 2.75) is 19.4 Å². The van der Waals surface area contributed by atoms with Gasteiger partial charge < -0.3 is 9.64 Å². The predicted molar refractivity (Wildman–Crippen MR) is 76.9 cm³/mol. The number of benzene rings is 1. The molecule has 1 aromatic carbocycles. The maximum absolute atomic E-state index is 12.2. The molecule has 0 radical (unpaired) electrons. The maximum Gasteiger partial charge on any atom is 0.260 e. The molecule has 110 valence electrons. The summed E-state index contributed by atoms with van der Waals surface area (Å²) in [6.45, 7) is 3.46. The molecule has 21 heavy (non-hydrogen) atoms. The molecule has 1 unspecified atom stereocenters. The summed E-state index contributed by atoms with van der Waals surface area (Å²) >= 11 is 0. The first kappa shape index (κ1) is 13.6. The minimum atomic E-state index is 0.00484. The number of amides is 1. The Morgan fingerprint density at radius 3 is 2.71 bits per heavy atom. The molecule has 1 fully saturated rings. The lowest BCUT2D eigenvalue weighted by Crippen LogP contribution is -2.33. The predicted octanol–water partition coefficient (Wildman–Crippen LogP) is 1.44. The van der Waals surface area contributed by atoms with Crippen LogP contribution in [0.15, 0.2) is 36.7 Å². The third-order valence-corrected chi connectivity index (χ3v) is 3.66. The van der Waals surface area contributed by atoms with E-state index in [9.17, 15) is 4.79 Å². The lowest BCUT2D eigenvalue weighted by Gasteiger charge is -2.16. The van der Waals surface area contributed by atoms with E-state index >= 15 is 0 Å². The van der Waals surface area contributed by atoms with Gasteiger partial charge in [-0.05, 0) is 25.5 Å². The van der Waals surface area contributed by atoms with Gasteiger partial charge in [0.05, 0.1) is 18.4 Å². The van der Waals surface area contributed by atoms with E-state index in [0.29, 0.717) is 6.54 Å². The number of ether oxygens (including phenoxy) is 1. The molecule has 6 nitrogen and oxygen atoms in total. The number of hydrogen-bond donors (Lipinski definition) is 0. The van der Waals surface area contributed by atoms with Crippen LogP contribution in [0, 0.1) is 6.92 Å². The highest BCUT2D eigenvalue weighted by Crippen LogP contribution is 2.20. The Labute approximate surface area is 123 Å². The van der Waals surface area contributed by atoms with Crippen molar-refractivity contribution < 1.29 is 9.53 Å². The Morgan fingerprint density at radius 1 is 1.29 bits per heavy atom. The van der Waals surface area contributed by atoms with Crippen LogP contribution in [0.1, 0.15) is 18.0 Å². The molecule has 1 atom stereocenters. The van der Waals surface area contributed by atoms with Gasteiger partial charge >= 0.3 is 0 Å². The van der Waals surface area contributed by atoms with Crippen molar-refractivity contribution in [1.29, 1.82) is 0 Å². The minimum absolute atomic E-state index is 0.00484. The van der Waals surface area contributed by atoms with Crippen LogP contribution in [0.2, 0.25) is 0 Å². The van der Waals surface area contributed by atoms with Crippen molar-refractivity contribution >= 4 is 5.91 Å². The fourth-order valence-electron chi connectivity index (χ4n) is 2.44. The first-order valence-electron chi connectivity index (χ1n) is 7.05. The summed E-state index contributed by atoms with van der Waals surface area (Å²) in [5.41, 5.74) is 1.17. The van der Waals surface area contributed by atoms with E-state index in [4.69, 9.17) is 4.74 Å². The van der Waals surface area contributed by atoms with Gasteiger partial charge in [-0.25, -0.2) is 0 Å². The second-order valence-electron chi connectivity index (χ2n) is 5.23. The number of likely N-dealkylation sites (tertiary alicyclic amines) is 1. The van der Waals surface area contributed by atoms with Crippen molar-refractivity contribution in [3.05, 3.63) is 42.2 Å². The van der Waals surface area contributed by atoms with Gasteiger partial charge in [-0.2, -0.15) is 15.0 Å². The van der Waals surface area contributed by atoms with Crippen LogP contribution in [0.25, 0.3) is 0 Å². The second kappa shape index (κ2) is 5.95. The van der Waals surface area contributed by atoms with E-state index in [2.05, 4.69) is 10.2 Å². The Hall–Kier alpha value is -2.37. The molecule has 1 aliphatic rings. The normalized spacial score (nSPS) is 18.0. The summed E-state index contributed by atoms with van der Waals surface area (Å²) in [5, 5.41) is 8.26. The second-order valence-corrected chi connectivity index (χ2v) is 5.23. The smallest absolute Gasteiger partial charge is 0.260 e. The van der Waals surface area contributed by atoms with Crippen molar-refractivity contribution in [3.63, 3.8) is 0 Å². The molecule has 3 rings (SSSR count). The van der Waals surface area contributed by atoms with Gasteiger partial charge in [-0.3, -0.25) is 4.79 Å². The molecule has 1 amide bonds. The monoisotopic (exact) mass is 286 g/mol. The molecule has 1 aliphatic heterocycles. The largest absolute Gasteiger partial charge is 0.484 e. The first-order chi connectivity index (χ1) is 10.2. The number of carbonyl (C=O) groups is 1. The number of aromatic nitrogens is 3. The molecule has 0 aliphatic carbocycles. The third kappa shape index (κ3) is 3.21. The average Bonchev–Trinajstić information content (AvgIpc) is 3.17. The molecule has 6 heteroatoms. The van der Waals surface area contributed by atoms with Crippen LogP contribution in [0.5, 0.6) is 5.75 Å². The highest BCUT2D eigenvalue weighted by molar-refractivity contribution is 5.78. The molecule has 2 aromatic rings. The van der Waals surface area contributed by atoms with Crippen LogP contribution in [-0.2, 0) is 4.79 Å². The number of hydrogen-bond acceptors (Lipinski definition) is 4. The SMILES string of the molecule is Cc1ccc(OCC(=O)N2CCC(n3nccn3)C2)cc1. The van der Waals surface area contributed by atoms with Crippen LogP contribution >= 0.6 is 0 Å². The summed E-state index contributed by atoms with van der Waals surface area (Å²) in [4.78, 5) is 15.6. The molecule has 0 saturated carbocycles. The summed E-state index contributed by atoms with van der Waals surface area (Å²) in [6, 6.07) is 7.86. The first-order valence-corrected chi connectivity index (χ1v) is 7.05. The molecular formula is C15H18N4O2. The van der Waals surface area contributed by atoms with Gasteiger partial charge in [0, 0.05) is 13.1 Å². The zero-order valence-corrected chi connectivity index (χ0v) is 12.0. The quantitative estimate of drug-likeness (QED) is 0.853. The van der Waals surface area contributed by atoms with Crippen molar-refractivity contribution in [2.24, 2.45) is 0 Å². The summed E-state index contributed by atoms with van der Waals surface area (Å²) < 4.78 is 5.53. The van der Waals surface area contributed by atoms with Crippen molar-refractivity contribution in [1.82, 2.24) is 19.9 Å². The van der Waals surface area contributed by atoms with E-state index in [1.807, 2.05) is 36.1 Å². The van der Waals surface area contributed by atoms with Crippen LogP contribution in [0.4, 0.5) is 0 Å². The van der Waals surface area contributed by atoms with Crippen molar-refractivity contribution in [2.75, 3.05) is 19.7 Å². The Bertz CT molecular complexity index is 595. The Morgan fingerprint density at radius 2 is 2.00 bits per heavy atom. The fraction of sp³-hybridized carbons (Fsp3) is 0.400. The van der Waals surface area contributed by atoms with Gasteiger partial charge in [0.1, 0.15) is 5.75 Å². The van der Waals surface area contributed by atoms with Crippen molar-refractivity contribution in [3.8, 4) is 5.75 Å². The molecule has 0 spiro atoms. The van der Waals surface area contributed by atoms with Gasteiger partial charge in [0.25, 0.3) is 5.91 Å². The van der Waals surface area contributed by atoms with Gasteiger partial charge in [-0.15, -0.1) is 0 Å². The summed E-state index contributed by atoms with van der Waals surface area (Å²) in [5.74, 6) is 0.726. The number of carbonyl (C=O) groups excluding carboxylic acids is 1. The minimum Gasteiger partial charge on any atom is -0.484 e. The van der Waals surface area contributed by atoms with Crippen LogP contribution in [-0.4, -0.2) is 45.5 Å². The van der Waals surface area contributed by atoms with E-state index in [0.717, 1.165) is 18.7 Å². The van der Waals surface area contributed by atoms with E-state index in [1.165, 1.54) is 5.56 Å². The standard InChI is InChI=1S/C15H18N4O2/c1-12-2-4-14(5-3-12)21-11-15(20)18-9-6-13(10-18)19-16-7-8-17-19/h2-5,7-8,13H,6,9-11H2,1H3. The Kier molecular flexibility index (Phi) is 3.85. The van der Waals surface area contributed by atoms with Crippen LogP contribution in [0.3, 0.4) is 0 Å². The topological polar surface area (TPSA) is 60.2 Å². The zero-order valence-electron chi connectivity index (χ0n) is 12.0. The number of nitrogens with zero attached hydrogens (tertiary/aromatic N) is 4. The van der Waals surface area contributed by atoms with E-state index in [-0.39, 0.29) is 18.6 Å². The number of aryl methyl sites for hydroxylation is 1. The molecule has 2 heterocycles. The fourth-order valence-corrected chi connectivity index (χ4v) is 2.44. The zero-order chi connectivity index (χ0) is 14.7. The third-order valence-electron chi connectivity index (χ3n) is 3.66. The average molecular weight is 286 g/mol. The van der Waals surface area contributed by atoms with Gasteiger partial charge in [0.2, 0.25) is 0 Å². The molecule has 1 saturated heterocycles. The van der Waals surface area contributed by atoms with Gasteiger partial charge in [0.15, 0.2) is 6.61 Å². The highest BCUT2D eigenvalue weighted by atomic mass is 16.5. The highest BCUT2D eigenvalue weighted by Gasteiger charge is 2.28. The Balaban J connectivity index is 1.51. The maximum atomic E-state index is 12.2. The van der Waals surface area contributed by atoms with E-state index in [1.54, 1.807) is 17.2 Å².